The highest BCUT2D eigenvalue weighted by molar-refractivity contribution is 6.00. The predicted octanol–water partition coefficient (Wildman–Crippen LogP) is 2.92. The Labute approximate surface area is 129 Å². The molecule has 0 bridgehead atoms. The molecule has 5 nitrogen and oxygen atoms in total. The van der Waals surface area contributed by atoms with Gasteiger partial charge in [-0.3, -0.25) is 9.59 Å². The number of hydrogen-bond donors (Lipinski definition) is 1. The number of aldehydes is 1. The number of amides is 1. The SMILES string of the molecule is CCOCCCNC(=O)c1ccccc1-c1ccc(C=O)o1. The third kappa shape index (κ3) is 4.05. The van der Waals surface area contributed by atoms with E-state index in [1.165, 1.54) is 0 Å². The number of nitrogens with one attached hydrogen (secondary N) is 1. The van der Waals surface area contributed by atoms with E-state index in [-0.39, 0.29) is 11.7 Å². The first-order valence-corrected chi connectivity index (χ1v) is 7.26. The van der Waals surface area contributed by atoms with Crippen LogP contribution in [0, 0.1) is 0 Å². The number of rotatable bonds is 8. The van der Waals surface area contributed by atoms with Gasteiger partial charge in [0.05, 0.1) is 5.56 Å². The molecule has 2 aromatic rings. The van der Waals surface area contributed by atoms with Crippen molar-refractivity contribution < 1.29 is 18.7 Å². The molecule has 0 saturated carbocycles. The molecule has 1 amide bonds. The van der Waals surface area contributed by atoms with E-state index in [4.69, 9.17) is 9.15 Å². The Morgan fingerprint density at radius 1 is 1.27 bits per heavy atom. The monoisotopic (exact) mass is 301 g/mol. The van der Waals surface area contributed by atoms with E-state index in [9.17, 15) is 9.59 Å². The van der Waals surface area contributed by atoms with Gasteiger partial charge in [0.1, 0.15) is 5.76 Å². The molecule has 2 rings (SSSR count). The lowest BCUT2D eigenvalue weighted by molar-refractivity contribution is 0.0944. The minimum atomic E-state index is -0.170. The van der Waals surface area contributed by atoms with Gasteiger partial charge in [-0.15, -0.1) is 0 Å². The number of ether oxygens (including phenoxy) is 1. The van der Waals surface area contributed by atoms with Crippen LogP contribution < -0.4 is 5.32 Å². The van der Waals surface area contributed by atoms with Gasteiger partial charge in [-0.05, 0) is 31.5 Å². The molecular weight excluding hydrogens is 282 g/mol. The summed E-state index contributed by atoms with van der Waals surface area (Å²) in [4.78, 5) is 23.0. The van der Waals surface area contributed by atoms with Gasteiger partial charge in [-0.25, -0.2) is 0 Å². The average Bonchev–Trinajstić information content (AvgIpc) is 3.03. The third-order valence-corrected chi connectivity index (χ3v) is 3.14. The number of benzene rings is 1. The van der Waals surface area contributed by atoms with E-state index < -0.39 is 0 Å². The maximum Gasteiger partial charge on any atom is 0.252 e. The highest BCUT2D eigenvalue weighted by atomic mass is 16.5. The molecule has 0 saturated heterocycles. The predicted molar refractivity (Wildman–Crippen MR) is 83.0 cm³/mol. The van der Waals surface area contributed by atoms with E-state index in [0.29, 0.717) is 42.9 Å². The molecule has 0 spiro atoms. The van der Waals surface area contributed by atoms with Crippen molar-refractivity contribution in [2.24, 2.45) is 0 Å². The summed E-state index contributed by atoms with van der Waals surface area (Å²) in [5.41, 5.74) is 1.18. The molecule has 0 aliphatic carbocycles. The molecule has 0 radical (unpaired) electrons. The summed E-state index contributed by atoms with van der Waals surface area (Å²) < 4.78 is 10.6. The molecule has 1 heterocycles. The molecule has 0 fully saturated rings. The van der Waals surface area contributed by atoms with Crippen LogP contribution in [-0.2, 0) is 4.74 Å². The van der Waals surface area contributed by atoms with Gasteiger partial charge >= 0.3 is 0 Å². The van der Waals surface area contributed by atoms with Gasteiger partial charge in [0.2, 0.25) is 0 Å². The second kappa shape index (κ2) is 8.14. The van der Waals surface area contributed by atoms with Crippen molar-refractivity contribution >= 4 is 12.2 Å². The van der Waals surface area contributed by atoms with Gasteiger partial charge in [-0.2, -0.15) is 0 Å². The first-order chi connectivity index (χ1) is 10.8. The van der Waals surface area contributed by atoms with Gasteiger partial charge in [0, 0.05) is 25.3 Å². The Morgan fingerprint density at radius 3 is 2.82 bits per heavy atom. The Morgan fingerprint density at radius 2 is 2.09 bits per heavy atom. The fraction of sp³-hybridized carbons (Fsp3) is 0.294. The standard InChI is InChI=1S/C17H19NO4/c1-2-21-11-5-10-18-17(20)15-7-4-3-6-14(15)16-9-8-13(12-19)22-16/h3-4,6-9,12H,2,5,10-11H2,1H3,(H,18,20). The van der Waals surface area contributed by atoms with Crippen molar-refractivity contribution in [3.05, 3.63) is 47.7 Å². The lowest BCUT2D eigenvalue weighted by atomic mass is 10.0. The van der Waals surface area contributed by atoms with Crippen LogP contribution in [-0.4, -0.2) is 32.0 Å². The summed E-state index contributed by atoms with van der Waals surface area (Å²) in [6.07, 6.45) is 1.40. The van der Waals surface area contributed by atoms with E-state index in [0.717, 1.165) is 6.42 Å². The Balaban J connectivity index is 2.07. The molecule has 116 valence electrons. The van der Waals surface area contributed by atoms with Crippen LogP contribution in [0.1, 0.15) is 34.3 Å². The van der Waals surface area contributed by atoms with Gasteiger partial charge in [0.15, 0.2) is 12.0 Å². The Hall–Kier alpha value is -2.40. The number of carbonyl (C=O) groups excluding carboxylic acids is 2. The lowest BCUT2D eigenvalue weighted by Crippen LogP contribution is -2.25. The molecule has 1 N–H and O–H groups in total. The van der Waals surface area contributed by atoms with Crippen molar-refractivity contribution in [3.8, 4) is 11.3 Å². The zero-order chi connectivity index (χ0) is 15.8. The maximum absolute atomic E-state index is 12.3. The quantitative estimate of drug-likeness (QED) is 0.601. The zero-order valence-corrected chi connectivity index (χ0v) is 12.5. The van der Waals surface area contributed by atoms with E-state index >= 15 is 0 Å². The minimum absolute atomic E-state index is 0.170. The molecule has 1 aromatic heterocycles. The first-order valence-electron chi connectivity index (χ1n) is 7.26. The van der Waals surface area contributed by atoms with E-state index in [1.54, 1.807) is 30.3 Å². The van der Waals surface area contributed by atoms with Crippen molar-refractivity contribution in [1.82, 2.24) is 5.32 Å². The minimum Gasteiger partial charge on any atom is -0.453 e. The van der Waals surface area contributed by atoms with Crippen molar-refractivity contribution in [3.63, 3.8) is 0 Å². The summed E-state index contributed by atoms with van der Waals surface area (Å²) in [6.45, 7) is 3.78. The van der Waals surface area contributed by atoms with Gasteiger partial charge < -0.3 is 14.5 Å². The maximum atomic E-state index is 12.3. The van der Waals surface area contributed by atoms with Crippen LogP contribution in [0.25, 0.3) is 11.3 Å². The highest BCUT2D eigenvalue weighted by Crippen LogP contribution is 2.25. The molecule has 0 unspecified atom stereocenters. The second-order valence-corrected chi connectivity index (χ2v) is 4.67. The van der Waals surface area contributed by atoms with E-state index in [2.05, 4.69) is 5.32 Å². The summed E-state index contributed by atoms with van der Waals surface area (Å²) in [5, 5.41) is 2.86. The summed E-state index contributed by atoms with van der Waals surface area (Å²) in [7, 11) is 0. The summed E-state index contributed by atoms with van der Waals surface area (Å²) in [5.74, 6) is 0.570. The fourth-order valence-corrected chi connectivity index (χ4v) is 2.07. The number of carbonyl (C=O) groups is 2. The van der Waals surface area contributed by atoms with Crippen LogP contribution in [0.15, 0.2) is 40.8 Å². The smallest absolute Gasteiger partial charge is 0.252 e. The van der Waals surface area contributed by atoms with Crippen LogP contribution in [0.3, 0.4) is 0 Å². The Bertz CT molecular complexity index is 633. The van der Waals surface area contributed by atoms with E-state index in [1.807, 2.05) is 13.0 Å². The van der Waals surface area contributed by atoms with Gasteiger partial charge in [0.25, 0.3) is 5.91 Å². The van der Waals surface area contributed by atoms with Gasteiger partial charge in [-0.1, -0.05) is 18.2 Å². The molecule has 1 aromatic carbocycles. The molecule has 0 atom stereocenters. The molecule has 22 heavy (non-hydrogen) atoms. The lowest BCUT2D eigenvalue weighted by Gasteiger charge is -2.08. The summed E-state index contributed by atoms with van der Waals surface area (Å²) in [6, 6.07) is 10.4. The molecule has 5 heteroatoms. The Kier molecular flexibility index (Phi) is 5.91. The van der Waals surface area contributed by atoms with Crippen LogP contribution in [0.4, 0.5) is 0 Å². The van der Waals surface area contributed by atoms with Crippen molar-refractivity contribution in [1.29, 1.82) is 0 Å². The molecule has 0 aliphatic heterocycles. The molecular formula is C17H19NO4. The number of furan rings is 1. The van der Waals surface area contributed by atoms with Crippen LogP contribution >= 0.6 is 0 Å². The largest absolute Gasteiger partial charge is 0.453 e. The normalized spacial score (nSPS) is 10.4. The van der Waals surface area contributed by atoms with Crippen molar-refractivity contribution in [2.75, 3.05) is 19.8 Å². The zero-order valence-electron chi connectivity index (χ0n) is 12.5. The van der Waals surface area contributed by atoms with Crippen molar-refractivity contribution in [2.45, 2.75) is 13.3 Å². The van der Waals surface area contributed by atoms with Crippen LogP contribution in [0.2, 0.25) is 0 Å². The number of hydrogen-bond acceptors (Lipinski definition) is 4. The third-order valence-electron chi connectivity index (χ3n) is 3.14. The summed E-state index contributed by atoms with van der Waals surface area (Å²) >= 11 is 0. The highest BCUT2D eigenvalue weighted by Gasteiger charge is 2.14. The average molecular weight is 301 g/mol. The second-order valence-electron chi connectivity index (χ2n) is 4.67. The fourth-order valence-electron chi connectivity index (χ4n) is 2.07. The molecule has 0 aliphatic rings. The van der Waals surface area contributed by atoms with Crippen LogP contribution in [0.5, 0.6) is 0 Å². The first kappa shape index (κ1) is 16.0. The topological polar surface area (TPSA) is 68.5 Å².